The minimum atomic E-state index is -0.236. The molecule has 2 unspecified atom stereocenters. The van der Waals surface area contributed by atoms with Crippen LogP contribution in [0.25, 0.3) is 0 Å². The van der Waals surface area contributed by atoms with Gasteiger partial charge in [-0.25, -0.2) is 0 Å². The van der Waals surface area contributed by atoms with Crippen molar-refractivity contribution >= 4 is 0 Å². The summed E-state index contributed by atoms with van der Waals surface area (Å²) in [6.45, 7) is 10.7. The number of aliphatic hydroxyl groups is 1. The van der Waals surface area contributed by atoms with Crippen molar-refractivity contribution in [3.8, 4) is 0 Å². The van der Waals surface area contributed by atoms with E-state index in [1.165, 1.54) is 51.4 Å². The number of hydrogen-bond donors (Lipinski definition) is 4. The monoisotopic (exact) mass is 372 g/mol. The molecular formula is C21H48N4O. The van der Waals surface area contributed by atoms with Crippen molar-refractivity contribution in [2.24, 2.45) is 11.7 Å². The van der Waals surface area contributed by atoms with Gasteiger partial charge < -0.3 is 21.5 Å². The van der Waals surface area contributed by atoms with Crippen molar-refractivity contribution < 1.29 is 5.11 Å². The summed E-state index contributed by atoms with van der Waals surface area (Å²) in [5.74, 6) is 0.382. The number of nitrogens with two attached hydrogens (primary N) is 1. The molecule has 2 atom stereocenters. The van der Waals surface area contributed by atoms with Gasteiger partial charge in [0.05, 0.1) is 6.10 Å². The molecule has 5 heteroatoms. The molecule has 0 amide bonds. The van der Waals surface area contributed by atoms with Gasteiger partial charge in [0.25, 0.3) is 0 Å². The molecular weight excluding hydrogens is 324 g/mol. The second-order valence-electron chi connectivity index (χ2n) is 7.75. The Morgan fingerprint density at radius 1 is 0.923 bits per heavy atom. The highest BCUT2D eigenvalue weighted by Gasteiger charge is 2.13. The van der Waals surface area contributed by atoms with Crippen LogP contribution in [0.3, 0.4) is 0 Å². The number of nitrogens with zero attached hydrogens (tertiary/aromatic N) is 1. The van der Waals surface area contributed by atoms with Gasteiger partial charge >= 0.3 is 0 Å². The van der Waals surface area contributed by atoms with Crippen LogP contribution in [0.15, 0.2) is 0 Å². The predicted octanol–water partition coefficient (Wildman–Crippen LogP) is 2.58. The third kappa shape index (κ3) is 16.0. The first kappa shape index (κ1) is 25.8. The maximum atomic E-state index is 10.3. The zero-order chi connectivity index (χ0) is 19.5. The normalized spacial score (nSPS) is 14.1. The molecule has 0 bridgehead atoms. The molecule has 0 aromatic heterocycles. The lowest BCUT2D eigenvalue weighted by Gasteiger charge is -2.23. The van der Waals surface area contributed by atoms with E-state index in [9.17, 15) is 5.11 Å². The Morgan fingerprint density at radius 2 is 1.54 bits per heavy atom. The minimum Gasteiger partial charge on any atom is -0.392 e. The van der Waals surface area contributed by atoms with Crippen LogP contribution in [0.5, 0.6) is 0 Å². The SMILES string of the molecule is CCCCCCCCCCC(C)C(O)CNCCN(CCN)CCNC. The Morgan fingerprint density at radius 3 is 2.15 bits per heavy atom. The topological polar surface area (TPSA) is 73.5 Å². The molecule has 26 heavy (non-hydrogen) atoms. The van der Waals surface area contributed by atoms with Gasteiger partial charge in [-0.2, -0.15) is 0 Å². The molecule has 0 saturated heterocycles. The maximum absolute atomic E-state index is 10.3. The van der Waals surface area contributed by atoms with E-state index in [0.717, 1.165) is 39.1 Å². The Hall–Kier alpha value is -0.200. The van der Waals surface area contributed by atoms with Crippen LogP contribution in [0, 0.1) is 5.92 Å². The smallest absolute Gasteiger partial charge is 0.0690 e. The average Bonchev–Trinajstić information content (AvgIpc) is 2.64. The molecule has 0 fully saturated rings. The second kappa shape index (κ2) is 19.6. The zero-order valence-electron chi connectivity index (χ0n) is 17.9. The van der Waals surface area contributed by atoms with Gasteiger partial charge in [-0.3, -0.25) is 4.90 Å². The highest BCUT2D eigenvalue weighted by molar-refractivity contribution is 4.69. The van der Waals surface area contributed by atoms with Crippen LogP contribution >= 0.6 is 0 Å². The molecule has 158 valence electrons. The van der Waals surface area contributed by atoms with Crippen LogP contribution in [-0.4, -0.2) is 69.0 Å². The van der Waals surface area contributed by atoms with Crippen LogP contribution in [0.4, 0.5) is 0 Å². The molecule has 0 aliphatic rings. The number of hydrogen-bond acceptors (Lipinski definition) is 5. The minimum absolute atomic E-state index is 0.236. The maximum Gasteiger partial charge on any atom is 0.0690 e. The molecule has 0 heterocycles. The second-order valence-corrected chi connectivity index (χ2v) is 7.75. The highest BCUT2D eigenvalue weighted by Crippen LogP contribution is 2.15. The molecule has 0 saturated carbocycles. The Kier molecular flexibility index (Phi) is 19.4. The Balaban J connectivity index is 3.61. The van der Waals surface area contributed by atoms with Crippen LogP contribution < -0.4 is 16.4 Å². The van der Waals surface area contributed by atoms with E-state index >= 15 is 0 Å². The van der Waals surface area contributed by atoms with E-state index in [2.05, 4.69) is 29.4 Å². The summed E-state index contributed by atoms with van der Waals surface area (Å²) in [6, 6.07) is 0. The molecule has 0 radical (unpaired) electrons. The van der Waals surface area contributed by atoms with Gasteiger partial charge in [0.2, 0.25) is 0 Å². The number of nitrogens with one attached hydrogen (secondary N) is 2. The van der Waals surface area contributed by atoms with Crippen LogP contribution in [0.2, 0.25) is 0 Å². The largest absolute Gasteiger partial charge is 0.392 e. The Labute approximate surface area is 163 Å². The third-order valence-electron chi connectivity index (χ3n) is 5.25. The summed E-state index contributed by atoms with van der Waals surface area (Å²) in [5.41, 5.74) is 5.67. The molecule has 5 nitrogen and oxygen atoms in total. The van der Waals surface area contributed by atoms with Crippen LogP contribution in [0.1, 0.15) is 71.6 Å². The fraction of sp³-hybridized carbons (Fsp3) is 1.00. The van der Waals surface area contributed by atoms with Crippen molar-refractivity contribution in [3.05, 3.63) is 0 Å². The Bertz CT molecular complexity index is 279. The zero-order valence-corrected chi connectivity index (χ0v) is 17.9. The van der Waals surface area contributed by atoms with E-state index < -0.39 is 0 Å². The van der Waals surface area contributed by atoms with Crippen molar-refractivity contribution in [2.75, 3.05) is 52.9 Å². The lowest BCUT2D eigenvalue weighted by molar-refractivity contribution is 0.108. The van der Waals surface area contributed by atoms with Gasteiger partial charge in [-0.1, -0.05) is 65.2 Å². The first-order valence-corrected chi connectivity index (χ1v) is 11.1. The first-order chi connectivity index (χ1) is 12.7. The summed E-state index contributed by atoms with van der Waals surface area (Å²) >= 11 is 0. The van der Waals surface area contributed by atoms with Crippen molar-refractivity contribution in [2.45, 2.75) is 77.7 Å². The van der Waals surface area contributed by atoms with Crippen molar-refractivity contribution in [1.29, 1.82) is 0 Å². The standard InChI is InChI=1S/C21H48N4O/c1-4-5-6-7-8-9-10-11-12-20(2)21(26)19-24-15-18-25(16-13-22)17-14-23-3/h20-21,23-24,26H,4-19,22H2,1-3H3. The molecule has 0 rings (SSSR count). The molecule has 0 aliphatic carbocycles. The summed E-state index contributed by atoms with van der Waals surface area (Å²) in [5, 5.41) is 16.9. The van der Waals surface area contributed by atoms with Crippen LogP contribution in [-0.2, 0) is 0 Å². The molecule has 0 aromatic rings. The number of unbranched alkanes of at least 4 members (excludes halogenated alkanes) is 7. The van der Waals surface area contributed by atoms with E-state index in [1.807, 2.05) is 7.05 Å². The van der Waals surface area contributed by atoms with Gasteiger partial charge in [-0.15, -0.1) is 0 Å². The molecule has 0 aromatic carbocycles. The van der Waals surface area contributed by atoms with Crippen molar-refractivity contribution in [1.82, 2.24) is 15.5 Å². The fourth-order valence-electron chi connectivity index (χ4n) is 3.27. The van der Waals surface area contributed by atoms with E-state index in [0.29, 0.717) is 19.0 Å². The first-order valence-electron chi connectivity index (χ1n) is 11.1. The third-order valence-corrected chi connectivity index (χ3v) is 5.25. The van der Waals surface area contributed by atoms with Gasteiger partial charge in [-0.05, 0) is 19.4 Å². The highest BCUT2D eigenvalue weighted by atomic mass is 16.3. The van der Waals surface area contributed by atoms with E-state index in [-0.39, 0.29) is 6.10 Å². The molecule has 0 aliphatic heterocycles. The number of likely N-dealkylation sites (N-methyl/N-ethyl adjacent to an activating group) is 1. The van der Waals surface area contributed by atoms with Gasteiger partial charge in [0, 0.05) is 45.8 Å². The molecule has 5 N–H and O–H groups in total. The number of aliphatic hydroxyl groups excluding tert-OH is 1. The lowest BCUT2D eigenvalue weighted by Crippen LogP contribution is -2.41. The quantitative estimate of drug-likeness (QED) is 0.247. The van der Waals surface area contributed by atoms with E-state index in [4.69, 9.17) is 5.73 Å². The lowest BCUT2D eigenvalue weighted by atomic mass is 9.96. The summed E-state index contributed by atoms with van der Waals surface area (Å²) in [7, 11) is 1.98. The summed E-state index contributed by atoms with van der Waals surface area (Å²) in [4.78, 5) is 2.36. The van der Waals surface area contributed by atoms with Crippen molar-refractivity contribution in [3.63, 3.8) is 0 Å². The average molecular weight is 373 g/mol. The summed E-state index contributed by atoms with van der Waals surface area (Å²) in [6.07, 6.45) is 11.7. The van der Waals surface area contributed by atoms with Gasteiger partial charge in [0.15, 0.2) is 0 Å². The predicted molar refractivity (Wildman–Crippen MR) is 115 cm³/mol. The summed E-state index contributed by atoms with van der Waals surface area (Å²) < 4.78 is 0. The number of rotatable bonds is 20. The molecule has 0 spiro atoms. The van der Waals surface area contributed by atoms with E-state index in [1.54, 1.807) is 0 Å². The van der Waals surface area contributed by atoms with Gasteiger partial charge in [0.1, 0.15) is 0 Å². The fourth-order valence-corrected chi connectivity index (χ4v) is 3.27.